The van der Waals surface area contributed by atoms with Gasteiger partial charge in [0.2, 0.25) is 5.91 Å². The molecule has 182 valence electrons. The molecule has 0 radical (unpaired) electrons. The average Bonchev–Trinajstić information content (AvgIpc) is 3.39. The zero-order valence-corrected chi connectivity index (χ0v) is 21.0. The second-order valence-corrected chi connectivity index (χ2v) is 10.0. The molecule has 1 aromatic carbocycles. The van der Waals surface area contributed by atoms with Gasteiger partial charge in [0.25, 0.3) is 5.91 Å². The van der Waals surface area contributed by atoms with Crippen LogP contribution in [0.4, 0.5) is 0 Å². The minimum Gasteiger partial charge on any atom is -0.338 e. The van der Waals surface area contributed by atoms with Crippen molar-refractivity contribution in [3.05, 3.63) is 60.4 Å². The molecule has 1 aromatic heterocycles. The van der Waals surface area contributed by atoms with Crippen LogP contribution in [0, 0.1) is 0 Å². The lowest BCUT2D eigenvalue weighted by atomic mass is 9.95. The summed E-state index contributed by atoms with van der Waals surface area (Å²) in [4.78, 5) is 30.5. The summed E-state index contributed by atoms with van der Waals surface area (Å²) in [5, 5.41) is 8.21. The number of benzene rings is 1. The van der Waals surface area contributed by atoms with Gasteiger partial charge in [-0.1, -0.05) is 37.6 Å². The number of carbonyl (C=O) groups excluding carboxylic acids is 2. The van der Waals surface area contributed by atoms with E-state index in [1.54, 1.807) is 24.0 Å². The van der Waals surface area contributed by atoms with Crippen LogP contribution in [0.2, 0.25) is 0 Å². The molecule has 1 unspecified atom stereocenters. The molecule has 8 heteroatoms. The zero-order valence-electron chi connectivity index (χ0n) is 20.2. The van der Waals surface area contributed by atoms with Crippen molar-refractivity contribution in [2.45, 2.75) is 50.7 Å². The first-order chi connectivity index (χ1) is 16.5. The van der Waals surface area contributed by atoms with E-state index in [1.165, 1.54) is 0 Å². The minimum atomic E-state index is -0.397. The van der Waals surface area contributed by atoms with Gasteiger partial charge in [0, 0.05) is 32.5 Å². The number of thioether (sulfide) groups is 1. The Morgan fingerprint density at radius 2 is 2.03 bits per heavy atom. The van der Waals surface area contributed by atoms with Gasteiger partial charge in [0.1, 0.15) is 0 Å². The van der Waals surface area contributed by atoms with E-state index >= 15 is 0 Å². The summed E-state index contributed by atoms with van der Waals surface area (Å²) in [7, 11) is 0. The number of nitrogens with one attached hydrogen (secondary N) is 1. The number of piperidine rings is 1. The highest BCUT2D eigenvalue weighted by Gasteiger charge is 2.51. The topological polar surface area (TPSA) is 70.5 Å². The first kappa shape index (κ1) is 24.5. The van der Waals surface area contributed by atoms with E-state index < -0.39 is 5.66 Å². The van der Waals surface area contributed by atoms with Gasteiger partial charge in [0.15, 0.2) is 0 Å². The standard InChI is InChI=1S/C26H35N5O2S/c1-4-9-23-21(19-27-31(23)20-10-7-6-8-11-20)24(32)29-16-13-26(14-17-29)28-22(12-18-34-3)25(33)30(26)15-5-2/h5-8,10-11,19,22,28H,2,4,9,12-18H2,1,3H3. The zero-order chi connectivity index (χ0) is 24.1. The monoisotopic (exact) mass is 481 g/mol. The molecule has 34 heavy (non-hydrogen) atoms. The van der Waals surface area contributed by atoms with Crippen LogP contribution < -0.4 is 5.32 Å². The molecule has 3 heterocycles. The predicted molar refractivity (Wildman–Crippen MR) is 137 cm³/mol. The third-order valence-corrected chi connectivity index (χ3v) is 7.55. The molecule has 2 aliphatic heterocycles. The van der Waals surface area contributed by atoms with E-state index in [0.29, 0.717) is 38.0 Å². The quantitative estimate of drug-likeness (QED) is 0.555. The Morgan fingerprint density at radius 1 is 1.29 bits per heavy atom. The molecular formula is C26H35N5O2S. The van der Waals surface area contributed by atoms with E-state index in [1.807, 2.05) is 44.8 Å². The molecule has 1 N–H and O–H groups in total. The van der Waals surface area contributed by atoms with Crippen molar-refractivity contribution in [1.82, 2.24) is 24.9 Å². The number of nitrogens with zero attached hydrogens (tertiary/aromatic N) is 4. The Balaban J connectivity index is 1.51. The first-order valence-electron chi connectivity index (χ1n) is 12.1. The number of hydrogen-bond donors (Lipinski definition) is 1. The summed E-state index contributed by atoms with van der Waals surface area (Å²) in [5.74, 6) is 1.12. The van der Waals surface area contributed by atoms with E-state index in [-0.39, 0.29) is 17.9 Å². The molecule has 1 atom stereocenters. The van der Waals surface area contributed by atoms with Crippen LogP contribution in [0.5, 0.6) is 0 Å². The van der Waals surface area contributed by atoms with Crippen molar-refractivity contribution in [1.29, 1.82) is 0 Å². The van der Waals surface area contributed by atoms with Gasteiger partial charge in [-0.05, 0) is 37.0 Å². The highest BCUT2D eigenvalue weighted by molar-refractivity contribution is 7.98. The van der Waals surface area contributed by atoms with Crippen LogP contribution in [0.1, 0.15) is 48.7 Å². The Morgan fingerprint density at radius 3 is 2.68 bits per heavy atom. The van der Waals surface area contributed by atoms with Crippen LogP contribution in [0.15, 0.2) is 49.2 Å². The predicted octanol–water partition coefficient (Wildman–Crippen LogP) is 3.50. The Kier molecular flexibility index (Phi) is 7.78. The molecular weight excluding hydrogens is 446 g/mol. The number of aromatic nitrogens is 2. The van der Waals surface area contributed by atoms with Gasteiger partial charge in [-0.15, -0.1) is 6.58 Å². The number of hydrogen-bond acceptors (Lipinski definition) is 5. The lowest BCUT2D eigenvalue weighted by molar-refractivity contribution is -0.132. The summed E-state index contributed by atoms with van der Waals surface area (Å²) in [6.45, 7) is 7.71. The number of likely N-dealkylation sites (tertiary alicyclic amines) is 1. The molecule has 7 nitrogen and oxygen atoms in total. The number of rotatable bonds is 9. The summed E-state index contributed by atoms with van der Waals surface area (Å²) >= 11 is 1.76. The van der Waals surface area contributed by atoms with Crippen LogP contribution in [0.3, 0.4) is 0 Å². The van der Waals surface area contributed by atoms with Crippen molar-refractivity contribution in [2.24, 2.45) is 0 Å². The number of para-hydroxylation sites is 1. The fourth-order valence-electron chi connectivity index (χ4n) is 5.17. The summed E-state index contributed by atoms with van der Waals surface area (Å²) in [5.41, 5.74) is 2.20. The SMILES string of the molecule is C=CCN1C(=O)C(CCSC)NC12CCN(C(=O)c1cnn(-c3ccccc3)c1CCC)CC2. The summed E-state index contributed by atoms with van der Waals surface area (Å²) in [6, 6.07) is 9.80. The molecule has 2 amide bonds. The second kappa shape index (κ2) is 10.8. The lowest BCUT2D eigenvalue weighted by Gasteiger charge is -2.44. The maximum Gasteiger partial charge on any atom is 0.257 e. The van der Waals surface area contributed by atoms with Crippen molar-refractivity contribution in [3.8, 4) is 5.69 Å². The third-order valence-electron chi connectivity index (χ3n) is 6.91. The van der Waals surface area contributed by atoms with Crippen LogP contribution in [0.25, 0.3) is 5.69 Å². The van der Waals surface area contributed by atoms with Gasteiger partial charge in [-0.3, -0.25) is 14.9 Å². The third kappa shape index (κ3) is 4.66. The molecule has 4 rings (SSSR count). The Hall–Kier alpha value is -2.58. The molecule has 2 aromatic rings. The molecule has 1 spiro atoms. The molecule has 2 saturated heterocycles. The number of carbonyl (C=O) groups is 2. The largest absolute Gasteiger partial charge is 0.338 e. The van der Waals surface area contributed by atoms with Gasteiger partial charge in [-0.25, -0.2) is 4.68 Å². The molecule has 0 aliphatic carbocycles. The van der Waals surface area contributed by atoms with E-state index in [2.05, 4.69) is 30.2 Å². The van der Waals surface area contributed by atoms with Crippen LogP contribution >= 0.6 is 11.8 Å². The minimum absolute atomic E-state index is 0.0269. The molecule has 2 fully saturated rings. The normalized spacial score (nSPS) is 19.7. The molecule has 0 bridgehead atoms. The maximum atomic E-state index is 13.6. The summed E-state index contributed by atoms with van der Waals surface area (Å²) in [6.07, 6.45) is 9.53. The van der Waals surface area contributed by atoms with Crippen LogP contribution in [-0.2, 0) is 11.2 Å². The van der Waals surface area contributed by atoms with Crippen molar-refractivity contribution >= 4 is 23.6 Å². The highest BCUT2D eigenvalue weighted by Crippen LogP contribution is 2.34. The highest BCUT2D eigenvalue weighted by atomic mass is 32.2. The second-order valence-electron chi connectivity index (χ2n) is 9.04. The van der Waals surface area contributed by atoms with Gasteiger partial charge in [0.05, 0.1) is 34.8 Å². The van der Waals surface area contributed by atoms with Crippen molar-refractivity contribution < 1.29 is 9.59 Å². The van der Waals surface area contributed by atoms with E-state index in [9.17, 15) is 9.59 Å². The van der Waals surface area contributed by atoms with Gasteiger partial charge in [-0.2, -0.15) is 16.9 Å². The van der Waals surface area contributed by atoms with Gasteiger partial charge < -0.3 is 9.80 Å². The fourth-order valence-corrected chi connectivity index (χ4v) is 5.65. The van der Waals surface area contributed by atoms with E-state index in [4.69, 9.17) is 0 Å². The lowest BCUT2D eigenvalue weighted by Crippen LogP contribution is -2.59. The van der Waals surface area contributed by atoms with Crippen molar-refractivity contribution in [2.75, 3.05) is 31.6 Å². The number of amides is 2. The fraction of sp³-hybridized carbons (Fsp3) is 0.500. The van der Waals surface area contributed by atoms with E-state index in [0.717, 1.165) is 36.4 Å². The molecule has 0 saturated carbocycles. The average molecular weight is 482 g/mol. The smallest absolute Gasteiger partial charge is 0.257 e. The molecule has 2 aliphatic rings. The van der Waals surface area contributed by atoms with Gasteiger partial charge >= 0.3 is 0 Å². The maximum absolute atomic E-state index is 13.6. The Labute approximate surface area is 206 Å². The van der Waals surface area contributed by atoms with Crippen LogP contribution in [-0.4, -0.2) is 74.7 Å². The summed E-state index contributed by atoms with van der Waals surface area (Å²) < 4.78 is 1.89. The van der Waals surface area contributed by atoms with Crippen molar-refractivity contribution in [3.63, 3.8) is 0 Å². The Bertz CT molecular complexity index is 1010. The first-order valence-corrected chi connectivity index (χ1v) is 13.5.